The molecule has 0 radical (unpaired) electrons. The number of amides is 1. The number of carboxylic acids is 1. The summed E-state index contributed by atoms with van der Waals surface area (Å²) in [7, 11) is 0. The summed E-state index contributed by atoms with van der Waals surface area (Å²) in [4.78, 5) is 22.8. The third kappa shape index (κ3) is 19.1. The molecular formula is C25H50N2O7. The van der Waals surface area contributed by atoms with Crippen LogP contribution in [-0.2, 0) is 28.5 Å². The maximum absolute atomic E-state index is 12.2. The fourth-order valence-corrected chi connectivity index (χ4v) is 3.06. The van der Waals surface area contributed by atoms with E-state index in [1.807, 2.05) is 48.5 Å². The highest BCUT2D eigenvalue weighted by Gasteiger charge is 2.24. The Bertz CT molecular complexity index is 580. The predicted molar refractivity (Wildman–Crippen MR) is 133 cm³/mol. The lowest BCUT2D eigenvalue weighted by atomic mass is 10.0. The SMILES string of the molecule is CC(CCC(=O)O)OCCC(C)(C)OCCNC(=O)CCC(C)(C)OCCC(C)(C)OCCN. The van der Waals surface area contributed by atoms with Crippen LogP contribution in [-0.4, -0.2) is 79.4 Å². The van der Waals surface area contributed by atoms with E-state index in [-0.39, 0.29) is 24.0 Å². The first-order chi connectivity index (χ1) is 15.7. The number of ether oxygens (including phenoxy) is 4. The average Bonchev–Trinajstić information content (AvgIpc) is 2.72. The molecule has 0 aliphatic heterocycles. The van der Waals surface area contributed by atoms with Gasteiger partial charge in [0.15, 0.2) is 0 Å². The van der Waals surface area contributed by atoms with Crippen LogP contribution >= 0.6 is 0 Å². The van der Waals surface area contributed by atoms with E-state index >= 15 is 0 Å². The number of nitrogens with one attached hydrogen (secondary N) is 1. The van der Waals surface area contributed by atoms with E-state index in [0.29, 0.717) is 65.2 Å². The quantitative estimate of drug-likeness (QED) is 0.209. The molecule has 0 aromatic carbocycles. The minimum absolute atomic E-state index is 0.0275. The van der Waals surface area contributed by atoms with Crippen LogP contribution in [0.5, 0.6) is 0 Å². The van der Waals surface area contributed by atoms with Crippen molar-refractivity contribution in [1.82, 2.24) is 5.32 Å². The smallest absolute Gasteiger partial charge is 0.303 e. The van der Waals surface area contributed by atoms with Crippen LogP contribution < -0.4 is 11.1 Å². The topological polar surface area (TPSA) is 129 Å². The molecule has 4 N–H and O–H groups in total. The van der Waals surface area contributed by atoms with Crippen LogP contribution in [0.25, 0.3) is 0 Å². The predicted octanol–water partition coefficient (Wildman–Crippen LogP) is 3.28. The Balaban J connectivity index is 4.00. The molecule has 34 heavy (non-hydrogen) atoms. The van der Waals surface area contributed by atoms with Gasteiger partial charge in [-0.15, -0.1) is 0 Å². The highest BCUT2D eigenvalue weighted by molar-refractivity contribution is 5.75. The van der Waals surface area contributed by atoms with Crippen molar-refractivity contribution in [2.45, 2.75) is 110 Å². The van der Waals surface area contributed by atoms with E-state index < -0.39 is 17.2 Å². The number of hydrogen-bond donors (Lipinski definition) is 3. The van der Waals surface area contributed by atoms with Gasteiger partial charge in [-0.3, -0.25) is 9.59 Å². The fraction of sp³-hybridized carbons (Fsp3) is 0.920. The number of carboxylic acid groups (broad SMARTS) is 1. The molecule has 1 unspecified atom stereocenters. The lowest BCUT2D eigenvalue weighted by Crippen LogP contribution is -2.35. The molecule has 0 heterocycles. The third-order valence-corrected chi connectivity index (χ3v) is 5.55. The van der Waals surface area contributed by atoms with Gasteiger partial charge in [-0.05, 0) is 74.1 Å². The van der Waals surface area contributed by atoms with E-state index in [2.05, 4.69) is 5.32 Å². The molecule has 202 valence electrons. The summed E-state index contributed by atoms with van der Waals surface area (Å²) in [6.07, 6.45) is 2.92. The zero-order valence-electron chi connectivity index (χ0n) is 22.5. The van der Waals surface area contributed by atoms with Crippen LogP contribution in [0.4, 0.5) is 0 Å². The van der Waals surface area contributed by atoms with E-state index in [1.54, 1.807) is 0 Å². The lowest BCUT2D eigenvalue weighted by Gasteiger charge is -2.29. The number of nitrogens with two attached hydrogens (primary N) is 1. The van der Waals surface area contributed by atoms with Gasteiger partial charge in [-0.1, -0.05) is 0 Å². The van der Waals surface area contributed by atoms with Gasteiger partial charge in [0.05, 0.1) is 42.7 Å². The molecule has 0 spiro atoms. The molecule has 0 bridgehead atoms. The van der Waals surface area contributed by atoms with Gasteiger partial charge in [0, 0.05) is 32.5 Å². The summed E-state index contributed by atoms with van der Waals surface area (Å²) in [5.74, 6) is -0.842. The second-order valence-corrected chi connectivity index (χ2v) is 10.6. The molecule has 1 atom stereocenters. The van der Waals surface area contributed by atoms with E-state index in [4.69, 9.17) is 29.8 Å². The van der Waals surface area contributed by atoms with Gasteiger partial charge >= 0.3 is 5.97 Å². The Hall–Kier alpha value is -1.26. The Morgan fingerprint density at radius 2 is 1.35 bits per heavy atom. The number of carbonyl (C=O) groups is 2. The first kappa shape index (κ1) is 32.7. The highest BCUT2D eigenvalue weighted by atomic mass is 16.5. The van der Waals surface area contributed by atoms with E-state index in [0.717, 1.165) is 6.42 Å². The summed E-state index contributed by atoms with van der Waals surface area (Å²) >= 11 is 0. The van der Waals surface area contributed by atoms with Crippen LogP contribution in [0.2, 0.25) is 0 Å². The molecular weight excluding hydrogens is 440 g/mol. The van der Waals surface area contributed by atoms with Crippen molar-refractivity contribution in [3.8, 4) is 0 Å². The zero-order chi connectivity index (χ0) is 26.3. The van der Waals surface area contributed by atoms with Gasteiger partial charge in [0.25, 0.3) is 0 Å². The Labute approximate surface area is 206 Å². The molecule has 0 rings (SSSR count). The zero-order valence-corrected chi connectivity index (χ0v) is 22.5. The summed E-state index contributed by atoms with van der Waals surface area (Å²) in [5, 5.41) is 11.6. The van der Waals surface area contributed by atoms with Gasteiger partial charge in [0.2, 0.25) is 5.91 Å². The molecule has 0 saturated heterocycles. The second kappa shape index (κ2) is 16.4. The average molecular weight is 491 g/mol. The monoisotopic (exact) mass is 490 g/mol. The van der Waals surface area contributed by atoms with Gasteiger partial charge in [-0.25, -0.2) is 0 Å². The van der Waals surface area contributed by atoms with Crippen molar-refractivity contribution in [1.29, 1.82) is 0 Å². The van der Waals surface area contributed by atoms with E-state index in [1.165, 1.54) is 0 Å². The molecule has 9 nitrogen and oxygen atoms in total. The van der Waals surface area contributed by atoms with Crippen molar-refractivity contribution in [3.63, 3.8) is 0 Å². The second-order valence-electron chi connectivity index (χ2n) is 10.6. The largest absolute Gasteiger partial charge is 0.481 e. The normalized spacial score (nSPS) is 13.6. The van der Waals surface area contributed by atoms with Crippen molar-refractivity contribution < 1.29 is 33.6 Å². The molecule has 0 aromatic rings. The number of aliphatic carboxylic acids is 1. The van der Waals surface area contributed by atoms with Gasteiger partial charge < -0.3 is 35.1 Å². The maximum Gasteiger partial charge on any atom is 0.303 e. The molecule has 1 amide bonds. The Kier molecular flexibility index (Phi) is 15.8. The molecule has 0 aliphatic rings. The van der Waals surface area contributed by atoms with Crippen LogP contribution in [0.15, 0.2) is 0 Å². The lowest BCUT2D eigenvalue weighted by molar-refractivity contribution is -0.137. The number of carbonyl (C=O) groups excluding carboxylic acids is 1. The first-order valence-electron chi connectivity index (χ1n) is 12.4. The number of rotatable bonds is 21. The van der Waals surface area contributed by atoms with Crippen LogP contribution in [0.1, 0.15) is 87.0 Å². The maximum atomic E-state index is 12.2. The summed E-state index contributed by atoms with van der Waals surface area (Å²) in [6, 6.07) is 0. The van der Waals surface area contributed by atoms with Crippen LogP contribution in [0.3, 0.4) is 0 Å². The Morgan fingerprint density at radius 3 is 1.94 bits per heavy atom. The Morgan fingerprint density at radius 1 is 0.824 bits per heavy atom. The van der Waals surface area contributed by atoms with Gasteiger partial charge in [-0.2, -0.15) is 0 Å². The molecule has 0 saturated carbocycles. The van der Waals surface area contributed by atoms with E-state index in [9.17, 15) is 9.59 Å². The summed E-state index contributed by atoms with van der Waals surface area (Å²) < 4.78 is 23.3. The highest BCUT2D eigenvalue weighted by Crippen LogP contribution is 2.20. The minimum Gasteiger partial charge on any atom is -0.481 e. The van der Waals surface area contributed by atoms with Crippen molar-refractivity contribution >= 4 is 11.9 Å². The molecule has 0 aromatic heterocycles. The van der Waals surface area contributed by atoms with Gasteiger partial charge in [0.1, 0.15) is 0 Å². The minimum atomic E-state index is -0.814. The summed E-state index contributed by atoms with van der Waals surface area (Å²) in [6.45, 7) is 16.8. The number of hydrogen-bond acceptors (Lipinski definition) is 7. The molecule has 0 aliphatic carbocycles. The molecule has 9 heteroatoms. The van der Waals surface area contributed by atoms with Crippen molar-refractivity contribution in [3.05, 3.63) is 0 Å². The van der Waals surface area contributed by atoms with Crippen molar-refractivity contribution in [2.75, 3.05) is 39.5 Å². The third-order valence-electron chi connectivity index (χ3n) is 5.55. The standard InChI is InChI=1S/C25H50N2O7/c1-20(8-9-22(29)30)31-16-12-24(4,5)34-19-15-27-21(28)10-11-23(2,3)32-17-13-25(6,7)33-18-14-26/h20H,8-19,26H2,1-7H3,(H,27,28)(H,29,30). The van der Waals surface area contributed by atoms with Crippen molar-refractivity contribution in [2.24, 2.45) is 5.73 Å². The summed E-state index contributed by atoms with van der Waals surface area (Å²) in [5.41, 5.74) is 4.41. The molecule has 0 fully saturated rings. The first-order valence-corrected chi connectivity index (χ1v) is 12.4. The van der Waals surface area contributed by atoms with Crippen LogP contribution in [0, 0.1) is 0 Å². The fourth-order valence-electron chi connectivity index (χ4n) is 3.06.